The van der Waals surface area contributed by atoms with Crippen LogP contribution in [0.25, 0.3) is 0 Å². The first kappa shape index (κ1) is 12.5. The summed E-state index contributed by atoms with van der Waals surface area (Å²) in [5.74, 6) is -0.117. The summed E-state index contributed by atoms with van der Waals surface area (Å²) >= 11 is 1.62. The summed E-state index contributed by atoms with van der Waals surface area (Å²) in [6.07, 6.45) is 0.850. The van der Waals surface area contributed by atoms with Crippen LogP contribution in [0.5, 0.6) is 5.75 Å². The molecule has 0 aromatic heterocycles. The van der Waals surface area contributed by atoms with E-state index < -0.39 is 5.82 Å². The van der Waals surface area contributed by atoms with Crippen molar-refractivity contribution in [2.45, 2.75) is 23.5 Å². The summed E-state index contributed by atoms with van der Waals surface area (Å²) in [6, 6.07) is 3.01. The van der Waals surface area contributed by atoms with Crippen molar-refractivity contribution in [1.82, 2.24) is 0 Å². The van der Waals surface area contributed by atoms with Crippen LogP contribution in [0.1, 0.15) is 13.3 Å². The van der Waals surface area contributed by atoms with Crippen LogP contribution in [0.15, 0.2) is 17.0 Å². The van der Waals surface area contributed by atoms with Gasteiger partial charge in [0.1, 0.15) is 0 Å². The molecule has 0 saturated carbocycles. The van der Waals surface area contributed by atoms with Gasteiger partial charge in [-0.2, -0.15) is 0 Å². The number of hydrogen-bond donors (Lipinski definition) is 1. The van der Waals surface area contributed by atoms with Crippen LogP contribution < -0.4 is 10.5 Å². The molecule has 17 heavy (non-hydrogen) atoms. The predicted molar refractivity (Wildman–Crippen MR) is 67.1 cm³/mol. The Kier molecular flexibility index (Phi) is 4.12. The minimum Gasteiger partial charge on any atom is -0.490 e. The third-order valence-corrected chi connectivity index (χ3v) is 3.64. The van der Waals surface area contributed by atoms with Crippen LogP contribution in [-0.4, -0.2) is 25.1 Å². The van der Waals surface area contributed by atoms with Crippen molar-refractivity contribution < 1.29 is 13.9 Å². The van der Waals surface area contributed by atoms with Gasteiger partial charge in [-0.15, -0.1) is 11.8 Å². The lowest BCUT2D eigenvalue weighted by atomic mass is 10.3. The molecule has 94 valence electrons. The summed E-state index contributed by atoms with van der Waals surface area (Å²) in [7, 11) is 0. The molecule has 0 spiro atoms. The van der Waals surface area contributed by atoms with Crippen LogP contribution in [-0.2, 0) is 4.74 Å². The minimum absolute atomic E-state index is 0.281. The van der Waals surface area contributed by atoms with Gasteiger partial charge in [0.25, 0.3) is 0 Å². The van der Waals surface area contributed by atoms with E-state index in [2.05, 4.69) is 0 Å². The number of hydrogen-bond acceptors (Lipinski definition) is 4. The van der Waals surface area contributed by atoms with Gasteiger partial charge in [-0.25, -0.2) is 4.39 Å². The maximum absolute atomic E-state index is 13.5. The maximum atomic E-state index is 13.5. The van der Waals surface area contributed by atoms with Crippen molar-refractivity contribution in [3.05, 3.63) is 17.9 Å². The molecule has 0 aliphatic carbocycles. The Morgan fingerprint density at radius 2 is 2.29 bits per heavy atom. The van der Waals surface area contributed by atoms with E-state index in [9.17, 15) is 4.39 Å². The summed E-state index contributed by atoms with van der Waals surface area (Å²) in [4.78, 5) is 0.866. The zero-order valence-corrected chi connectivity index (χ0v) is 10.6. The predicted octanol–water partition coefficient (Wildman–Crippen LogP) is 2.69. The molecule has 0 atom stereocenters. The lowest BCUT2D eigenvalue weighted by molar-refractivity contribution is 0.0455. The van der Waals surface area contributed by atoms with E-state index in [1.807, 2.05) is 6.92 Å². The van der Waals surface area contributed by atoms with E-state index in [0.717, 1.165) is 24.5 Å². The molecule has 1 aliphatic rings. The molecule has 0 unspecified atom stereocenters. The molecule has 0 amide bonds. The normalized spacial score (nSPS) is 15.6. The van der Waals surface area contributed by atoms with Crippen LogP contribution in [0.3, 0.4) is 0 Å². The first-order chi connectivity index (χ1) is 8.20. The number of halogens is 1. The fourth-order valence-electron chi connectivity index (χ4n) is 1.44. The van der Waals surface area contributed by atoms with Crippen LogP contribution in [0.2, 0.25) is 0 Å². The summed E-state index contributed by atoms with van der Waals surface area (Å²) < 4.78 is 24.0. The lowest BCUT2D eigenvalue weighted by Gasteiger charge is -2.25. The monoisotopic (exact) mass is 257 g/mol. The quantitative estimate of drug-likeness (QED) is 0.824. The fraction of sp³-hybridized carbons (Fsp3) is 0.500. The standard InChI is InChI=1S/C12H16FNO2S/c1-2-3-16-11-5-12(10(14)4-9(11)13)17-8-6-15-7-8/h4-5,8H,2-3,6-7,14H2,1H3. The highest BCUT2D eigenvalue weighted by Gasteiger charge is 2.21. The van der Waals surface area contributed by atoms with Crippen molar-refractivity contribution in [2.75, 3.05) is 25.6 Å². The van der Waals surface area contributed by atoms with Gasteiger partial charge >= 0.3 is 0 Å². The largest absolute Gasteiger partial charge is 0.490 e. The first-order valence-electron chi connectivity index (χ1n) is 5.67. The molecule has 1 heterocycles. The van der Waals surface area contributed by atoms with Gasteiger partial charge in [0.2, 0.25) is 0 Å². The second kappa shape index (κ2) is 5.60. The van der Waals surface area contributed by atoms with E-state index >= 15 is 0 Å². The lowest BCUT2D eigenvalue weighted by Crippen LogP contribution is -2.30. The maximum Gasteiger partial charge on any atom is 0.167 e. The average molecular weight is 257 g/mol. The Bertz CT molecular complexity index is 396. The van der Waals surface area contributed by atoms with Gasteiger partial charge in [0, 0.05) is 16.6 Å². The molecule has 1 aromatic carbocycles. The van der Waals surface area contributed by atoms with E-state index in [1.54, 1.807) is 17.8 Å². The summed E-state index contributed by atoms with van der Waals surface area (Å²) in [6.45, 7) is 3.95. The van der Waals surface area contributed by atoms with Gasteiger partial charge < -0.3 is 15.2 Å². The van der Waals surface area contributed by atoms with E-state index in [1.165, 1.54) is 6.07 Å². The summed E-state index contributed by atoms with van der Waals surface area (Å²) in [5, 5.41) is 0.418. The van der Waals surface area contributed by atoms with Crippen molar-refractivity contribution >= 4 is 17.4 Å². The number of nitrogen functional groups attached to an aromatic ring is 1. The zero-order chi connectivity index (χ0) is 12.3. The molecule has 1 fully saturated rings. The molecule has 1 aromatic rings. The molecule has 0 radical (unpaired) electrons. The molecule has 1 aliphatic heterocycles. The number of benzene rings is 1. The van der Waals surface area contributed by atoms with E-state index in [-0.39, 0.29) is 5.75 Å². The summed E-state index contributed by atoms with van der Waals surface area (Å²) in [5.41, 5.74) is 6.25. The van der Waals surface area contributed by atoms with Gasteiger partial charge in [-0.3, -0.25) is 0 Å². The van der Waals surface area contributed by atoms with Gasteiger partial charge in [-0.1, -0.05) is 6.92 Å². The van der Waals surface area contributed by atoms with E-state index in [0.29, 0.717) is 17.5 Å². The highest BCUT2D eigenvalue weighted by Crippen LogP contribution is 2.36. The molecular weight excluding hydrogens is 241 g/mol. The van der Waals surface area contributed by atoms with Crippen molar-refractivity contribution in [1.29, 1.82) is 0 Å². The van der Waals surface area contributed by atoms with Crippen LogP contribution in [0.4, 0.5) is 10.1 Å². The first-order valence-corrected chi connectivity index (χ1v) is 6.55. The zero-order valence-electron chi connectivity index (χ0n) is 9.74. The molecule has 0 bridgehead atoms. The highest BCUT2D eigenvalue weighted by molar-refractivity contribution is 8.00. The SMILES string of the molecule is CCCOc1cc(SC2COC2)c(N)cc1F. The molecule has 3 nitrogen and oxygen atoms in total. The van der Waals surface area contributed by atoms with Gasteiger partial charge in [0.15, 0.2) is 11.6 Å². The molecule has 2 N–H and O–H groups in total. The number of ether oxygens (including phenoxy) is 2. The topological polar surface area (TPSA) is 44.5 Å². The molecule has 1 saturated heterocycles. The Morgan fingerprint density at radius 3 is 2.88 bits per heavy atom. The Morgan fingerprint density at radius 1 is 1.53 bits per heavy atom. The van der Waals surface area contributed by atoms with Crippen LogP contribution >= 0.6 is 11.8 Å². The van der Waals surface area contributed by atoms with E-state index in [4.69, 9.17) is 15.2 Å². The van der Waals surface area contributed by atoms with Crippen molar-refractivity contribution in [2.24, 2.45) is 0 Å². The number of nitrogens with two attached hydrogens (primary N) is 1. The van der Waals surface area contributed by atoms with Gasteiger partial charge in [-0.05, 0) is 12.5 Å². The van der Waals surface area contributed by atoms with Gasteiger partial charge in [0.05, 0.1) is 25.1 Å². The Labute approximate surface area is 104 Å². The Balaban J connectivity index is 2.12. The fourth-order valence-corrected chi connectivity index (χ4v) is 2.49. The highest BCUT2D eigenvalue weighted by atomic mass is 32.2. The number of thioether (sulfide) groups is 1. The molecular formula is C12H16FNO2S. The van der Waals surface area contributed by atoms with Crippen molar-refractivity contribution in [3.63, 3.8) is 0 Å². The third-order valence-electron chi connectivity index (χ3n) is 2.43. The molecule has 5 heteroatoms. The Hall–Kier alpha value is -0.940. The molecule has 2 rings (SSSR count). The number of anilines is 1. The minimum atomic E-state index is -0.398. The average Bonchev–Trinajstić information content (AvgIpc) is 2.24. The van der Waals surface area contributed by atoms with Crippen LogP contribution in [0, 0.1) is 5.82 Å². The number of rotatable bonds is 5. The van der Waals surface area contributed by atoms with Crippen molar-refractivity contribution in [3.8, 4) is 5.75 Å². The second-order valence-electron chi connectivity index (χ2n) is 3.95. The third kappa shape index (κ3) is 3.04. The second-order valence-corrected chi connectivity index (χ2v) is 5.29. The smallest absolute Gasteiger partial charge is 0.167 e.